The molecule has 0 saturated carbocycles. The van der Waals surface area contributed by atoms with Gasteiger partial charge in [0.15, 0.2) is 11.5 Å². The van der Waals surface area contributed by atoms with Crippen LogP contribution in [0.1, 0.15) is 27.0 Å². The molecule has 0 aliphatic rings. The van der Waals surface area contributed by atoms with Gasteiger partial charge in [0.1, 0.15) is 0 Å². The summed E-state index contributed by atoms with van der Waals surface area (Å²) in [5, 5.41) is 2.91. The summed E-state index contributed by atoms with van der Waals surface area (Å²) >= 11 is 1.71. The van der Waals surface area contributed by atoms with Gasteiger partial charge in [0.25, 0.3) is 5.91 Å². The highest BCUT2D eigenvalue weighted by molar-refractivity contribution is 7.11. The van der Waals surface area contributed by atoms with Crippen LogP contribution < -0.4 is 19.5 Å². The van der Waals surface area contributed by atoms with E-state index in [1.807, 2.05) is 6.07 Å². The number of nitrogens with one attached hydrogen (secondary N) is 1. The van der Waals surface area contributed by atoms with Gasteiger partial charge in [-0.1, -0.05) is 6.92 Å². The lowest BCUT2D eigenvalue weighted by atomic mass is 10.1. The fourth-order valence-corrected chi connectivity index (χ4v) is 3.09. The molecule has 1 heterocycles. The Morgan fingerprint density at radius 2 is 1.65 bits per heavy atom. The van der Waals surface area contributed by atoms with Gasteiger partial charge in [0.2, 0.25) is 5.75 Å². The van der Waals surface area contributed by atoms with Gasteiger partial charge in [-0.2, -0.15) is 0 Å². The van der Waals surface area contributed by atoms with E-state index in [0.717, 1.165) is 11.3 Å². The summed E-state index contributed by atoms with van der Waals surface area (Å²) < 4.78 is 15.8. The Kier molecular flexibility index (Phi) is 5.87. The first kappa shape index (κ1) is 17.1. The summed E-state index contributed by atoms with van der Waals surface area (Å²) in [4.78, 5) is 14.8. The molecule has 0 unspecified atom stereocenters. The molecule has 2 rings (SSSR count). The van der Waals surface area contributed by atoms with Crippen LogP contribution in [0, 0.1) is 0 Å². The fourth-order valence-electron chi connectivity index (χ4n) is 2.19. The summed E-state index contributed by atoms with van der Waals surface area (Å²) in [6.45, 7) is 2.62. The lowest BCUT2D eigenvalue weighted by Crippen LogP contribution is -2.22. The lowest BCUT2D eigenvalue weighted by molar-refractivity contribution is 0.0950. The van der Waals surface area contributed by atoms with Crippen LogP contribution in [-0.4, -0.2) is 27.2 Å². The van der Waals surface area contributed by atoms with Crippen molar-refractivity contribution >= 4 is 17.2 Å². The molecular formula is C17H21NO4S. The van der Waals surface area contributed by atoms with Crippen molar-refractivity contribution in [3.05, 3.63) is 39.6 Å². The zero-order valence-corrected chi connectivity index (χ0v) is 14.6. The van der Waals surface area contributed by atoms with Crippen molar-refractivity contribution in [2.45, 2.75) is 19.9 Å². The molecule has 6 heteroatoms. The predicted molar refractivity (Wildman–Crippen MR) is 91.0 cm³/mol. The van der Waals surface area contributed by atoms with Gasteiger partial charge >= 0.3 is 0 Å². The Morgan fingerprint density at radius 3 is 2.13 bits per heavy atom. The van der Waals surface area contributed by atoms with Crippen LogP contribution in [0.25, 0.3) is 0 Å². The Hall–Kier alpha value is -2.21. The molecule has 23 heavy (non-hydrogen) atoms. The summed E-state index contributed by atoms with van der Waals surface area (Å²) in [5.74, 6) is 1.20. The summed E-state index contributed by atoms with van der Waals surface area (Å²) in [5.41, 5.74) is 0.465. The monoisotopic (exact) mass is 335 g/mol. The molecule has 0 bridgehead atoms. The Morgan fingerprint density at radius 1 is 1.04 bits per heavy atom. The number of benzene rings is 1. The molecule has 0 aliphatic carbocycles. The van der Waals surface area contributed by atoms with Crippen molar-refractivity contribution < 1.29 is 19.0 Å². The second-order valence-corrected chi connectivity index (χ2v) is 6.07. The maximum absolute atomic E-state index is 12.4. The highest BCUT2D eigenvalue weighted by Crippen LogP contribution is 2.38. The van der Waals surface area contributed by atoms with E-state index < -0.39 is 0 Å². The number of methoxy groups -OCH3 is 3. The summed E-state index contributed by atoms with van der Waals surface area (Å²) in [7, 11) is 4.58. The Labute approximate surface area is 140 Å². The van der Waals surface area contributed by atoms with Gasteiger partial charge in [-0.05, 0) is 30.7 Å². The van der Waals surface area contributed by atoms with E-state index in [2.05, 4.69) is 18.3 Å². The molecule has 124 valence electrons. The highest BCUT2D eigenvalue weighted by atomic mass is 32.1. The molecule has 5 nitrogen and oxygen atoms in total. The quantitative estimate of drug-likeness (QED) is 0.844. The third-order valence-corrected chi connectivity index (χ3v) is 4.65. The SMILES string of the molecule is CCc1ccc(CNC(=O)c2cc(OC)c(OC)c(OC)c2)s1. The molecule has 1 amide bonds. The second kappa shape index (κ2) is 7.87. The van der Waals surface area contributed by atoms with Crippen LogP contribution in [-0.2, 0) is 13.0 Å². The van der Waals surface area contributed by atoms with Gasteiger partial charge < -0.3 is 19.5 Å². The molecule has 0 fully saturated rings. The Bertz CT molecular complexity index is 656. The lowest BCUT2D eigenvalue weighted by Gasteiger charge is -2.14. The number of aryl methyl sites for hydroxylation is 1. The average molecular weight is 335 g/mol. The molecule has 0 radical (unpaired) electrons. The van der Waals surface area contributed by atoms with Gasteiger partial charge in [-0.3, -0.25) is 4.79 Å². The standard InChI is InChI=1S/C17H21NO4S/c1-5-12-6-7-13(23-12)10-18-17(19)11-8-14(20-2)16(22-4)15(9-11)21-3/h6-9H,5,10H2,1-4H3,(H,18,19). The molecule has 1 N–H and O–H groups in total. The van der Waals surface area contributed by atoms with E-state index in [0.29, 0.717) is 29.4 Å². The van der Waals surface area contributed by atoms with Crippen LogP contribution in [0.5, 0.6) is 17.2 Å². The maximum atomic E-state index is 12.4. The third kappa shape index (κ3) is 3.96. The van der Waals surface area contributed by atoms with Crippen LogP contribution >= 0.6 is 11.3 Å². The van der Waals surface area contributed by atoms with Gasteiger partial charge in [-0.25, -0.2) is 0 Å². The summed E-state index contributed by atoms with van der Waals surface area (Å²) in [6, 6.07) is 7.41. The van der Waals surface area contributed by atoms with Crippen LogP contribution in [0.4, 0.5) is 0 Å². The second-order valence-electron chi connectivity index (χ2n) is 4.82. The van der Waals surface area contributed by atoms with Crippen molar-refractivity contribution in [1.82, 2.24) is 5.32 Å². The topological polar surface area (TPSA) is 56.8 Å². The van der Waals surface area contributed by atoms with E-state index in [1.54, 1.807) is 23.5 Å². The highest BCUT2D eigenvalue weighted by Gasteiger charge is 2.17. The molecule has 0 saturated heterocycles. The fraction of sp³-hybridized carbons (Fsp3) is 0.353. The van der Waals surface area contributed by atoms with Crippen molar-refractivity contribution in [2.24, 2.45) is 0 Å². The van der Waals surface area contributed by atoms with Crippen LogP contribution in [0.15, 0.2) is 24.3 Å². The van der Waals surface area contributed by atoms with E-state index >= 15 is 0 Å². The first-order chi connectivity index (χ1) is 11.1. The first-order valence-corrected chi connectivity index (χ1v) is 8.10. The minimum atomic E-state index is -0.185. The summed E-state index contributed by atoms with van der Waals surface area (Å²) in [6.07, 6.45) is 1.01. The van der Waals surface area contributed by atoms with Crippen LogP contribution in [0.3, 0.4) is 0 Å². The number of rotatable bonds is 7. The normalized spacial score (nSPS) is 10.3. The first-order valence-electron chi connectivity index (χ1n) is 7.28. The number of ether oxygens (including phenoxy) is 3. The van der Waals surface area contributed by atoms with Crippen LogP contribution in [0.2, 0.25) is 0 Å². The number of thiophene rings is 1. The van der Waals surface area contributed by atoms with Crippen molar-refractivity contribution in [3.63, 3.8) is 0 Å². The molecule has 0 aliphatic heterocycles. The molecule has 1 aromatic carbocycles. The van der Waals surface area contributed by atoms with E-state index in [9.17, 15) is 4.79 Å². The molecule has 2 aromatic rings. The van der Waals surface area contributed by atoms with Gasteiger partial charge in [0, 0.05) is 15.3 Å². The van der Waals surface area contributed by atoms with E-state index in [-0.39, 0.29) is 5.91 Å². The zero-order chi connectivity index (χ0) is 16.8. The molecular weight excluding hydrogens is 314 g/mol. The number of carbonyl (C=O) groups excluding carboxylic acids is 1. The predicted octanol–water partition coefficient (Wildman–Crippen LogP) is 3.27. The molecule has 0 atom stereocenters. The Balaban J connectivity index is 2.15. The van der Waals surface area contributed by atoms with Crippen molar-refractivity contribution in [1.29, 1.82) is 0 Å². The van der Waals surface area contributed by atoms with Crippen molar-refractivity contribution in [2.75, 3.05) is 21.3 Å². The number of amides is 1. The smallest absolute Gasteiger partial charge is 0.251 e. The zero-order valence-electron chi connectivity index (χ0n) is 13.8. The third-order valence-electron chi connectivity index (χ3n) is 3.42. The largest absolute Gasteiger partial charge is 0.493 e. The minimum Gasteiger partial charge on any atom is -0.493 e. The number of hydrogen-bond acceptors (Lipinski definition) is 5. The van der Waals surface area contributed by atoms with E-state index in [1.165, 1.54) is 26.2 Å². The molecule has 1 aromatic heterocycles. The van der Waals surface area contributed by atoms with Gasteiger partial charge in [0.05, 0.1) is 27.9 Å². The van der Waals surface area contributed by atoms with Gasteiger partial charge in [-0.15, -0.1) is 11.3 Å². The molecule has 0 spiro atoms. The van der Waals surface area contributed by atoms with Crippen molar-refractivity contribution in [3.8, 4) is 17.2 Å². The maximum Gasteiger partial charge on any atom is 0.251 e. The number of hydrogen-bond donors (Lipinski definition) is 1. The minimum absolute atomic E-state index is 0.185. The number of carbonyl (C=O) groups is 1. The van der Waals surface area contributed by atoms with E-state index in [4.69, 9.17) is 14.2 Å². The average Bonchev–Trinajstić information content (AvgIpc) is 3.06.